The molecule has 2 rings (SSSR count). The van der Waals surface area contributed by atoms with Crippen LogP contribution in [0.3, 0.4) is 0 Å². The molecular formula is C16H14F2N2O9S. The third-order valence-corrected chi connectivity index (χ3v) is 5.06. The summed E-state index contributed by atoms with van der Waals surface area (Å²) < 4.78 is 66.2. The second-order valence-corrected chi connectivity index (χ2v) is 7.08. The third-order valence-electron chi connectivity index (χ3n) is 3.65. The van der Waals surface area contributed by atoms with Gasteiger partial charge in [0.2, 0.25) is 0 Å². The summed E-state index contributed by atoms with van der Waals surface area (Å²) in [5, 5.41) is 20.6. The largest absolute Gasteiger partial charge is 0.497 e. The molecule has 0 heterocycles. The molecule has 0 fully saturated rings. The van der Waals surface area contributed by atoms with Gasteiger partial charge in [0, 0.05) is 12.1 Å². The predicted molar refractivity (Wildman–Crippen MR) is 97.0 cm³/mol. The Balaban J connectivity index is 2.60. The zero-order chi connectivity index (χ0) is 22.6. The number of sulfonamides is 1. The fourth-order valence-electron chi connectivity index (χ4n) is 2.36. The second kappa shape index (κ2) is 8.77. The van der Waals surface area contributed by atoms with Crippen LogP contribution >= 0.6 is 0 Å². The molecule has 0 amide bonds. The lowest BCUT2D eigenvalue weighted by Gasteiger charge is -2.15. The zero-order valence-electron chi connectivity index (χ0n) is 15.3. The molecule has 0 bridgehead atoms. The van der Waals surface area contributed by atoms with E-state index in [0.29, 0.717) is 6.07 Å². The number of rotatable bonds is 9. The van der Waals surface area contributed by atoms with E-state index in [-0.39, 0.29) is 5.75 Å². The van der Waals surface area contributed by atoms with E-state index in [1.165, 1.54) is 7.11 Å². The summed E-state index contributed by atoms with van der Waals surface area (Å²) in [7, 11) is -2.41. The number of alkyl halides is 2. The van der Waals surface area contributed by atoms with Crippen LogP contribution in [0.4, 0.5) is 20.2 Å². The Morgan fingerprint density at radius 2 is 1.83 bits per heavy atom. The number of nitrogens with one attached hydrogen (secondary N) is 1. The van der Waals surface area contributed by atoms with Gasteiger partial charge in [-0.05, 0) is 12.1 Å². The van der Waals surface area contributed by atoms with Gasteiger partial charge in [0.25, 0.3) is 15.7 Å². The van der Waals surface area contributed by atoms with Gasteiger partial charge >= 0.3 is 12.6 Å². The molecule has 0 radical (unpaired) electrons. The van der Waals surface area contributed by atoms with Gasteiger partial charge in [0.05, 0.1) is 36.5 Å². The van der Waals surface area contributed by atoms with E-state index in [1.807, 2.05) is 4.72 Å². The van der Waals surface area contributed by atoms with Crippen LogP contribution in [0.5, 0.6) is 17.2 Å². The molecule has 2 aromatic rings. The highest BCUT2D eigenvalue weighted by molar-refractivity contribution is 7.92. The number of nitro groups is 1. The normalized spacial score (nSPS) is 11.1. The quantitative estimate of drug-likeness (QED) is 0.435. The summed E-state index contributed by atoms with van der Waals surface area (Å²) in [6.45, 7) is -3.30. The Bertz CT molecular complexity index is 1090. The highest BCUT2D eigenvalue weighted by atomic mass is 32.2. The summed E-state index contributed by atoms with van der Waals surface area (Å²) >= 11 is 0. The smallest absolute Gasteiger partial charge is 0.387 e. The fraction of sp³-hybridized carbons (Fsp3) is 0.188. The van der Waals surface area contributed by atoms with E-state index < -0.39 is 60.9 Å². The second-order valence-electron chi connectivity index (χ2n) is 5.43. The van der Waals surface area contributed by atoms with Gasteiger partial charge in [0.15, 0.2) is 16.4 Å². The molecule has 0 aromatic heterocycles. The van der Waals surface area contributed by atoms with Crippen LogP contribution in [-0.2, 0) is 10.0 Å². The number of carboxylic acids is 1. The van der Waals surface area contributed by atoms with Gasteiger partial charge < -0.3 is 19.3 Å². The Kier molecular flexibility index (Phi) is 6.61. The number of anilines is 1. The van der Waals surface area contributed by atoms with Crippen LogP contribution in [0, 0.1) is 10.1 Å². The first-order valence-corrected chi connectivity index (χ1v) is 9.23. The van der Waals surface area contributed by atoms with Gasteiger partial charge in [0.1, 0.15) is 5.75 Å². The Hall–Kier alpha value is -3.68. The van der Waals surface area contributed by atoms with Crippen LogP contribution in [-0.4, -0.2) is 45.2 Å². The SMILES string of the molecule is COc1ccc(S(=O)(=O)Nc2cc(OC)c(OC(F)F)cc2C(=O)O)c([N+](=O)[O-])c1. The summed E-state index contributed by atoms with van der Waals surface area (Å²) in [4.78, 5) is 21.0. The van der Waals surface area contributed by atoms with Crippen molar-refractivity contribution < 1.29 is 46.2 Å². The standard InChI is InChI=1S/C16H14F2N2O9S/c1-27-8-3-4-14(11(5-8)20(23)24)30(25,26)19-10-7-12(28-2)13(29-16(17)18)6-9(10)15(21)22/h3-7,16,19H,1-2H3,(H,21,22). The topological polar surface area (TPSA) is 154 Å². The van der Waals surface area contributed by atoms with Crippen molar-refractivity contribution in [3.8, 4) is 17.2 Å². The molecule has 0 aliphatic heterocycles. The number of carbonyl (C=O) groups is 1. The molecule has 0 saturated carbocycles. The number of nitro benzene ring substituents is 1. The maximum atomic E-state index is 12.7. The maximum absolute atomic E-state index is 12.7. The summed E-state index contributed by atoms with van der Waals surface area (Å²) in [6.07, 6.45) is 0. The molecule has 11 nitrogen and oxygen atoms in total. The predicted octanol–water partition coefficient (Wildman–Crippen LogP) is 2.71. The van der Waals surface area contributed by atoms with E-state index in [1.54, 1.807) is 0 Å². The average molecular weight is 448 g/mol. The molecule has 0 spiro atoms. The lowest BCUT2D eigenvalue weighted by Crippen LogP contribution is -2.17. The number of halogens is 2. The first-order chi connectivity index (χ1) is 14.0. The number of benzene rings is 2. The first-order valence-electron chi connectivity index (χ1n) is 7.75. The van der Waals surface area contributed by atoms with Crippen molar-refractivity contribution in [1.82, 2.24) is 0 Å². The Morgan fingerprint density at radius 1 is 1.17 bits per heavy atom. The molecular weight excluding hydrogens is 434 g/mol. The molecule has 0 saturated heterocycles. The van der Waals surface area contributed by atoms with E-state index in [9.17, 15) is 37.2 Å². The van der Waals surface area contributed by atoms with Crippen LogP contribution < -0.4 is 18.9 Å². The van der Waals surface area contributed by atoms with Crippen molar-refractivity contribution in [2.24, 2.45) is 0 Å². The number of carboxylic acid groups (broad SMARTS) is 1. The summed E-state index contributed by atoms with van der Waals surface area (Å²) in [6, 6.07) is 4.35. The number of hydrogen-bond donors (Lipinski definition) is 2. The lowest BCUT2D eigenvalue weighted by atomic mass is 10.1. The summed E-state index contributed by atoms with van der Waals surface area (Å²) in [5.41, 5.74) is -2.18. The molecule has 0 atom stereocenters. The van der Waals surface area contributed by atoms with E-state index in [0.717, 1.165) is 31.4 Å². The molecule has 2 aromatic carbocycles. The van der Waals surface area contributed by atoms with E-state index in [4.69, 9.17) is 9.47 Å². The Morgan fingerprint density at radius 3 is 2.33 bits per heavy atom. The van der Waals surface area contributed by atoms with E-state index in [2.05, 4.69) is 4.74 Å². The van der Waals surface area contributed by atoms with Crippen LogP contribution in [0.15, 0.2) is 35.2 Å². The minimum absolute atomic E-state index is 0.0158. The van der Waals surface area contributed by atoms with Crippen molar-refractivity contribution in [2.75, 3.05) is 18.9 Å². The molecule has 2 N–H and O–H groups in total. The number of ether oxygens (including phenoxy) is 3. The van der Waals surface area contributed by atoms with Crippen molar-refractivity contribution in [2.45, 2.75) is 11.5 Å². The molecule has 0 aliphatic rings. The van der Waals surface area contributed by atoms with Gasteiger partial charge in [-0.15, -0.1) is 0 Å². The van der Waals surface area contributed by atoms with Crippen molar-refractivity contribution in [3.05, 3.63) is 46.0 Å². The molecule has 162 valence electrons. The maximum Gasteiger partial charge on any atom is 0.387 e. The number of hydrogen-bond acceptors (Lipinski definition) is 8. The third kappa shape index (κ3) is 4.83. The van der Waals surface area contributed by atoms with Crippen LogP contribution in [0.25, 0.3) is 0 Å². The van der Waals surface area contributed by atoms with Crippen molar-refractivity contribution in [3.63, 3.8) is 0 Å². The molecule has 14 heteroatoms. The number of methoxy groups -OCH3 is 2. The van der Waals surface area contributed by atoms with E-state index >= 15 is 0 Å². The highest BCUT2D eigenvalue weighted by Crippen LogP contribution is 2.36. The molecule has 30 heavy (non-hydrogen) atoms. The highest BCUT2D eigenvalue weighted by Gasteiger charge is 2.29. The minimum Gasteiger partial charge on any atom is -0.497 e. The average Bonchev–Trinajstić information content (AvgIpc) is 2.67. The molecule has 0 aliphatic carbocycles. The minimum atomic E-state index is -4.69. The Labute approximate surface area is 168 Å². The lowest BCUT2D eigenvalue weighted by molar-refractivity contribution is -0.387. The monoisotopic (exact) mass is 448 g/mol. The first kappa shape index (κ1) is 22.6. The fourth-order valence-corrected chi connectivity index (χ4v) is 3.59. The zero-order valence-corrected chi connectivity index (χ0v) is 16.1. The van der Waals surface area contributed by atoms with Gasteiger partial charge in [-0.25, -0.2) is 13.2 Å². The van der Waals surface area contributed by atoms with Crippen molar-refractivity contribution >= 4 is 27.4 Å². The van der Waals surface area contributed by atoms with Gasteiger partial charge in [-0.3, -0.25) is 14.8 Å². The van der Waals surface area contributed by atoms with Gasteiger partial charge in [-0.1, -0.05) is 0 Å². The van der Waals surface area contributed by atoms with Gasteiger partial charge in [-0.2, -0.15) is 8.78 Å². The summed E-state index contributed by atoms with van der Waals surface area (Å²) in [5.74, 6) is -2.72. The van der Waals surface area contributed by atoms with Crippen LogP contribution in [0.2, 0.25) is 0 Å². The van der Waals surface area contributed by atoms with Crippen LogP contribution in [0.1, 0.15) is 10.4 Å². The number of aromatic carboxylic acids is 1. The number of nitrogens with zero attached hydrogens (tertiary/aromatic N) is 1. The molecule has 0 unspecified atom stereocenters. The van der Waals surface area contributed by atoms with Crippen molar-refractivity contribution in [1.29, 1.82) is 0 Å².